The zero-order chi connectivity index (χ0) is 13.1. The molecule has 2 unspecified atom stereocenters. The van der Waals surface area contributed by atoms with E-state index in [0.717, 1.165) is 17.6 Å². The number of aromatic nitrogens is 2. The number of nitrogens with one attached hydrogen (secondary N) is 1. The Kier molecular flexibility index (Phi) is 4.44. The van der Waals surface area contributed by atoms with Gasteiger partial charge in [-0.05, 0) is 31.6 Å². The Hall–Kier alpha value is -0.830. The van der Waals surface area contributed by atoms with Gasteiger partial charge in [-0.3, -0.25) is 0 Å². The van der Waals surface area contributed by atoms with Gasteiger partial charge in [-0.25, -0.2) is 9.97 Å². The zero-order valence-electron chi connectivity index (χ0n) is 11.4. The summed E-state index contributed by atoms with van der Waals surface area (Å²) in [5, 5.41) is 4.07. The van der Waals surface area contributed by atoms with Crippen LogP contribution in [0, 0.1) is 18.8 Å². The minimum atomic E-state index is 0.516. The van der Waals surface area contributed by atoms with E-state index in [4.69, 9.17) is 11.6 Å². The molecule has 0 saturated heterocycles. The summed E-state index contributed by atoms with van der Waals surface area (Å²) in [6.45, 7) is 6.49. The van der Waals surface area contributed by atoms with Crippen LogP contribution in [0.2, 0.25) is 5.15 Å². The summed E-state index contributed by atoms with van der Waals surface area (Å²) in [4.78, 5) is 8.51. The lowest BCUT2D eigenvalue weighted by molar-refractivity contribution is 0.253. The Morgan fingerprint density at radius 3 is 2.67 bits per heavy atom. The Balaban J connectivity index is 2.10. The highest BCUT2D eigenvalue weighted by Crippen LogP contribution is 2.32. The Morgan fingerprint density at radius 1 is 1.28 bits per heavy atom. The standard InChI is InChI=1S/C14H22ClN3/c1-9(2)11-6-4-5-7-12(11)18-14-8-13(15)16-10(3)17-14/h8-9,11-12H,4-7H2,1-3H3,(H,16,17,18). The predicted octanol–water partition coefficient (Wildman–Crippen LogP) is 4.07. The van der Waals surface area contributed by atoms with Crippen LogP contribution in [-0.2, 0) is 0 Å². The van der Waals surface area contributed by atoms with Crippen LogP contribution in [0.15, 0.2) is 6.07 Å². The van der Waals surface area contributed by atoms with Crippen molar-refractivity contribution in [1.29, 1.82) is 0 Å². The normalized spacial score (nSPS) is 24.3. The lowest BCUT2D eigenvalue weighted by Crippen LogP contribution is -2.35. The van der Waals surface area contributed by atoms with Crippen LogP contribution < -0.4 is 5.32 Å². The molecule has 1 aromatic rings. The molecule has 1 aliphatic rings. The molecule has 1 fully saturated rings. The molecule has 2 atom stereocenters. The molecule has 18 heavy (non-hydrogen) atoms. The maximum Gasteiger partial charge on any atom is 0.134 e. The highest BCUT2D eigenvalue weighted by atomic mass is 35.5. The van der Waals surface area contributed by atoms with Crippen molar-refractivity contribution in [1.82, 2.24) is 9.97 Å². The van der Waals surface area contributed by atoms with Gasteiger partial charge in [0, 0.05) is 12.1 Å². The van der Waals surface area contributed by atoms with Crippen LogP contribution in [0.4, 0.5) is 5.82 Å². The average molecular weight is 268 g/mol. The molecule has 0 bridgehead atoms. The van der Waals surface area contributed by atoms with Crippen molar-refractivity contribution in [2.24, 2.45) is 11.8 Å². The Labute approximate surface area is 114 Å². The number of rotatable bonds is 3. The second-order valence-electron chi connectivity index (χ2n) is 5.57. The molecule has 3 nitrogen and oxygen atoms in total. The fourth-order valence-corrected chi connectivity index (χ4v) is 3.16. The van der Waals surface area contributed by atoms with E-state index in [1.54, 1.807) is 0 Å². The molecule has 1 saturated carbocycles. The maximum atomic E-state index is 5.98. The van der Waals surface area contributed by atoms with Crippen molar-refractivity contribution in [2.75, 3.05) is 5.32 Å². The summed E-state index contributed by atoms with van der Waals surface area (Å²) in [6, 6.07) is 2.34. The molecule has 1 heterocycles. The summed E-state index contributed by atoms with van der Waals surface area (Å²) in [6.07, 6.45) is 5.19. The van der Waals surface area contributed by atoms with Gasteiger partial charge < -0.3 is 5.32 Å². The topological polar surface area (TPSA) is 37.8 Å². The van der Waals surface area contributed by atoms with E-state index in [-0.39, 0.29) is 0 Å². The van der Waals surface area contributed by atoms with Gasteiger partial charge in [-0.15, -0.1) is 0 Å². The Morgan fingerprint density at radius 2 is 2.00 bits per heavy atom. The van der Waals surface area contributed by atoms with Crippen LogP contribution >= 0.6 is 11.6 Å². The molecular formula is C14H22ClN3. The number of nitrogens with zero attached hydrogens (tertiary/aromatic N) is 2. The van der Waals surface area contributed by atoms with Crippen molar-refractivity contribution in [3.05, 3.63) is 17.0 Å². The summed E-state index contributed by atoms with van der Waals surface area (Å²) in [5.41, 5.74) is 0. The molecule has 100 valence electrons. The minimum absolute atomic E-state index is 0.516. The first kappa shape index (κ1) is 13.6. The van der Waals surface area contributed by atoms with Crippen LogP contribution in [0.5, 0.6) is 0 Å². The second-order valence-corrected chi connectivity index (χ2v) is 5.95. The quantitative estimate of drug-likeness (QED) is 0.839. The zero-order valence-corrected chi connectivity index (χ0v) is 12.2. The van der Waals surface area contributed by atoms with Crippen molar-refractivity contribution < 1.29 is 0 Å². The summed E-state index contributed by atoms with van der Waals surface area (Å²) in [5.74, 6) is 3.03. The summed E-state index contributed by atoms with van der Waals surface area (Å²) in [7, 11) is 0. The lowest BCUT2D eigenvalue weighted by atomic mass is 9.78. The van der Waals surface area contributed by atoms with Gasteiger partial charge in [0.15, 0.2) is 0 Å². The fourth-order valence-electron chi connectivity index (χ4n) is 2.93. The highest BCUT2D eigenvalue weighted by Gasteiger charge is 2.27. The second kappa shape index (κ2) is 5.87. The number of hydrogen-bond acceptors (Lipinski definition) is 3. The summed E-state index contributed by atoms with van der Waals surface area (Å²) < 4.78 is 0. The predicted molar refractivity (Wildman–Crippen MR) is 76.0 cm³/mol. The van der Waals surface area contributed by atoms with E-state index in [1.807, 2.05) is 13.0 Å². The highest BCUT2D eigenvalue weighted by molar-refractivity contribution is 6.29. The van der Waals surface area contributed by atoms with Crippen LogP contribution in [0.25, 0.3) is 0 Å². The van der Waals surface area contributed by atoms with Crippen LogP contribution in [0.1, 0.15) is 45.4 Å². The lowest BCUT2D eigenvalue weighted by Gasteiger charge is -2.35. The Bertz CT molecular complexity index is 386. The number of halogens is 1. The van der Waals surface area contributed by atoms with Crippen LogP contribution in [0.3, 0.4) is 0 Å². The molecule has 1 aromatic heterocycles. The molecule has 0 aliphatic heterocycles. The van der Waals surface area contributed by atoms with Crippen molar-refractivity contribution in [3.8, 4) is 0 Å². The molecule has 0 radical (unpaired) electrons. The van der Waals surface area contributed by atoms with Gasteiger partial charge in [0.2, 0.25) is 0 Å². The largest absolute Gasteiger partial charge is 0.367 e. The van der Waals surface area contributed by atoms with E-state index < -0.39 is 0 Å². The SMILES string of the molecule is Cc1nc(Cl)cc(NC2CCCCC2C(C)C)n1. The van der Waals surface area contributed by atoms with E-state index in [9.17, 15) is 0 Å². The first-order chi connectivity index (χ1) is 8.56. The third-order valence-corrected chi connectivity index (χ3v) is 4.01. The monoisotopic (exact) mass is 267 g/mol. The number of hydrogen-bond donors (Lipinski definition) is 1. The molecule has 1 N–H and O–H groups in total. The van der Waals surface area contributed by atoms with Gasteiger partial charge in [0.05, 0.1) is 0 Å². The van der Waals surface area contributed by atoms with E-state index in [1.165, 1.54) is 25.7 Å². The first-order valence-electron chi connectivity index (χ1n) is 6.84. The molecule has 1 aliphatic carbocycles. The third kappa shape index (κ3) is 3.35. The van der Waals surface area contributed by atoms with E-state index in [0.29, 0.717) is 17.1 Å². The minimum Gasteiger partial charge on any atom is -0.367 e. The van der Waals surface area contributed by atoms with Crippen LogP contribution in [-0.4, -0.2) is 16.0 Å². The third-order valence-electron chi connectivity index (χ3n) is 3.82. The van der Waals surface area contributed by atoms with Crippen molar-refractivity contribution in [3.63, 3.8) is 0 Å². The van der Waals surface area contributed by atoms with Crippen molar-refractivity contribution in [2.45, 2.75) is 52.5 Å². The van der Waals surface area contributed by atoms with Gasteiger partial charge >= 0.3 is 0 Å². The summed E-state index contributed by atoms with van der Waals surface area (Å²) >= 11 is 5.98. The van der Waals surface area contributed by atoms with Gasteiger partial charge in [0.1, 0.15) is 16.8 Å². The first-order valence-corrected chi connectivity index (χ1v) is 7.22. The van der Waals surface area contributed by atoms with Gasteiger partial charge in [-0.1, -0.05) is 38.3 Å². The maximum absolute atomic E-state index is 5.98. The molecular weight excluding hydrogens is 246 g/mol. The average Bonchev–Trinajstić information content (AvgIpc) is 2.27. The van der Waals surface area contributed by atoms with E-state index >= 15 is 0 Å². The molecule has 0 amide bonds. The molecule has 0 spiro atoms. The molecule has 2 rings (SSSR count). The van der Waals surface area contributed by atoms with Gasteiger partial charge in [-0.2, -0.15) is 0 Å². The van der Waals surface area contributed by atoms with E-state index in [2.05, 4.69) is 29.1 Å². The van der Waals surface area contributed by atoms with Gasteiger partial charge in [0.25, 0.3) is 0 Å². The van der Waals surface area contributed by atoms with Crippen molar-refractivity contribution >= 4 is 17.4 Å². The number of aryl methyl sites for hydroxylation is 1. The fraction of sp³-hybridized carbons (Fsp3) is 0.714. The number of anilines is 1. The smallest absolute Gasteiger partial charge is 0.134 e. The molecule has 4 heteroatoms. The molecule has 0 aromatic carbocycles.